The number of hydrogen-bond donors (Lipinski definition) is 1. The number of rotatable bonds is 2. The normalized spacial score (nSPS) is 11.0. The van der Waals surface area contributed by atoms with Gasteiger partial charge in [-0.15, -0.1) is 0 Å². The van der Waals surface area contributed by atoms with Gasteiger partial charge in [-0.2, -0.15) is 18.4 Å². The number of aromatic nitrogens is 1. The highest BCUT2D eigenvalue weighted by Crippen LogP contribution is 2.35. The van der Waals surface area contributed by atoms with Crippen LogP contribution >= 0.6 is 15.9 Å². The lowest BCUT2D eigenvalue weighted by Gasteiger charge is -2.13. The Hall–Kier alpha value is -2.07. The number of aryl methyl sites for hydroxylation is 1. The first-order valence-corrected chi connectivity index (χ1v) is 6.61. The number of nitrogens with zero attached hydrogens (tertiary/aromatic N) is 2. The van der Waals surface area contributed by atoms with E-state index in [0.29, 0.717) is 15.6 Å². The number of hydrogen-bond acceptors (Lipinski definition) is 3. The third kappa shape index (κ3) is 3.34. The molecule has 0 atom stereocenters. The summed E-state index contributed by atoms with van der Waals surface area (Å²) in [6.07, 6.45) is -2.95. The molecule has 0 saturated heterocycles. The molecule has 7 heteroatoms. The fourth-order valence-electron chi connectivity index (χ4n) is 1.72. The number of alkyl halides is 3. The summed E-state index contributed by atoms with van der Waals surface area (Å²) < 4.78 is 38.7. The average Bonchev–Trinajstić information content (AvgIpc) is 2.40. The molecule has 0 aliphatic rings. The Morgan fingerprint density at radius 2 is 2.00 bits per heavy atom. The van der Waals surface area contributed by atoms with Crippen LogP contribution in [0.25, 0.3) is 0 Å². The topological polar surface area (TPSA) is 48.7 Å². The van der Waals surface area contributed by atoms with E-state index in [9.17, 15) is 13.2 Å². The van der Waals surface area contributed by atoms with Gasteiger partial charge in [0.2, 0.25) is 0 Å². The van der Waals surface area contributed by atoms with Crippen molar-refractivity contribution < 1.29 is 13.2 Å². The molecule has 0 aliphatic heterocycles. The molecule has 1 heterocycles. The maximum atomic E-state index is 12.7. The van der Waals surface area contributed by atoms with E-state index in [4.69, 9.17) is 5.26 Å². The zero-order chi connectivity index (χ0) is 15.6. The molecular formula is C14H9BrF3N3. The molecule has 1 aromatic heterocycles. The Kier molecular flexibility index (Phi) is 4.19. The summed E-state index contributed by atoms with van der Waals surface area (Å²) in [5.74, 6) is 0.220. The van der Waals surface area contributed by atoms with E-state index >= 15 is 0 Å². The SMILES string of the molecule is Cc1ccnc(Nc2cc(C(F)(F)F)ccc2Br)c1C#N. The second kappa shape index (κ2) is 5.74. The second-order valence-corrected chi connectivity index (χ2v) is 5.13. The predicted molar refractivity (Wildman–Crippen MR) is 76.1 cm³/mol. The number of nitriles is 1. The Morgan fingerprint density at radius 1 is 1.29 bits per heavy atom. The summed E-state index contributed by atoms with van der Waals surface area (Å²) in [4.78, 5) is 4.00. The molecule has 0 fully saturated rings. The monoisotopic (exact) mass is 355 g/mol. The van der Waals surface area contributed by atoms with E-state index in [-0.39, 0.29) is 11.5 Å². The highest BCUT2D eigenvalue weighted by molar-refractivity contribution is 9.10. The Bertz CT molecular complexity index is 720. The number of anilines is 2. The van der Waals surface area contributed by atoms with Crippen molar-refractivity contribution in [1.82, 2.24) is 4.98 Å². The van der Waals surface area contributed by atoms with Gasteiger partial charge in [0.05, 0.1) is 16.8 Å². The zero-order valence-electron chi connectivity index (χ0n) is 10.8. The minimum atomic E-state index is -4.44. The van der Waals surface area contributed by atoms with Gasteiger partial charge in [-0.3, -0.25) is 0 Å². The fraction of sp³-hybridized carbons (Fsp3) is 0.143. The Morgan fingerprint density at radius 3 is 2.62 bits per heavy atom. The van der Waals surface area contributed by atoms with Crippen LogP contribution in [0.5, 0.6) is 0 Å². The van der Waals surface area contributed by atoms with Crippen molar-refractivity contribution in [2.24, 2.45) is 0 Å². The van der Waals surface area contributed by atoms with Crippen molar-refractivity contribution in [3.63, 3.8) is 0 Å². The summed E-state index contributed by atoms with van der Waals surface area (Å²) in [6, 6.07) is 6.89. The lowest BCUT2D eigenvalue weighted by Crippen LogP contribution is -2.06. The van der Waals surface area contributed by atoms with Gasteiger partial charge in [0.25, 0.3) is 0 Å². The molecule has 2 aromatic rings. The summed E-state index contributed by atoms with van der Waals surface area (Å²) in [5.41, 5.74) is 0.402. The summed E-state index contributed by atoms with van der Waals surface area (Å²) in [6.45, 7) is 1.73. The van der Waals surface area contributed by atoms with E-state index in [0.717, 1.165) is 12.1 Å². The van der Waals surface area contributed by atoms with Gasteiger partial charge in [-0.25, -0.2) is 4.98 Å². The van der Waals surface area contributed by atoms with Crippen LogP contribution in [0.2, 0.25) is 0 Å². The largest absolute Gasteiger partial charge is 0.416 e. The highest BCUT2D eigenvalue weighted by Gasteiger charge is 2.31. The average molecular weight is 356 g/mol. The van der Waals surface area contributed by atoms with E-state index < -0.39 is 11.7 Å². The van der Waals surface area contributed by atoms with Crippen molar-refractivity contribution >= 4 is 27.4 Å². The molecule has 0 radical (unpaired) electrons. The highest BCUT2D eigenvalue weighted by atomic mass is 79.9. The maximum Gasteiger partial charge on any atom is 0.416 e. The quantitative estimate of drug-likeness (QED) is 0.842. The van der Waals surface area contributed by atoms with Crippen LogP contribution in [0.4, 0.5) is 24.7 Å². The first-order valence-electron chi connectivity index (χ1n) is 5.82. The minimum absolute atomic E-state index is 0.194. The molecule has 0 aliphatic carbocycles. The number of nitrogens with one attached hydrogen (secondary N) is 1. The van der Waals surface area contributed by atoms with Crippen LogP contribution in [-0.4, -0.2) is 4.98 Å². The molecule has 0 unspecified atom stereocenters. The molecule has 0 bridgehead atoms. The molecule has 21 heavy (non-hydrogen) atoms. The number of halogens is 4. The predicted octanol–water partition coefficient (Wildman–Crippen LogP) is 4.79. The van der Waals surface area contributed by atoms with E-state index in [1.165, 1.54) is 12.3 Å². The van der Waals surface area contributed by atoms with Gasteiger partial charge < -0.3 is 5.32 Å². The van der Waals surface area contributed by atoms with E-state index in [1.54, 1.807) is 13.0 Å². The molecule has 0 spiro atoms. The standard InChI is InChI=1S/C14H9BrF3N3/c1-8-4-5-20-13(10(8)7-19)21-12-6-9(14(16,17)18)2-3-11(12)15/h2-6H,1H3,(H,20,21). The van der Waals surface area contributed by atoms with Crippen LogP contribution in [0.1, 0.15) is 16.7 Å². The van der Waals surface area contributed by atoms with E-state index in [1.807, 2.05) is 6.07 Å². The smallest absolute Gasteiger partial charge is 0.338 e. The van der Waals surface area contributed by atoms with Crippen molar-refractivity contribution in [2.45, 2.75) is 13.1 Å². The van der Waals surface area contributed by atoms with Crippen LogP contribution in [0.15, 0.2) is 34.9 Å². The lowest BCUT2D eigenvalue weighted by molar-refractivity contribution is -0.137. The van der Waals surface area contributed by atoms with Crippen molar-refractivity contribution in [1.29, 1.82) is 5.26 Å². The molecule has 0 saturated carbocycles. The zero-order valence-corrected chi connectivity index (χ0v) is 12.4. The van der Waals surface area contributed by atoms with Crippen molar-refractivity contribution in [3.05, 3.63) is 51.6 Å². The Balaban J connectivity index is 2.46. The van der Waals surface area contributed by atoms with Gasteiger partial charge in [0.1, 0.15) is 11.9 Å². The molecule has 1 N–H and O–H groups in total. The van der Waals surface area contributed by atoms with Crippen LogP contribution < -0.4 is 5.32 Å². The molecule has 108 valence electrons. The van der Waals surface area contributed by atoms with Crippen LogP contribution in [-0.2, 0) is 6.18 Å². The Labute approximate surface area is 127 Å². The summed E-state index contributed by atoms with van der Waals surface area (Å²) in [7, 11) is 0. The van der Waals surface area contributed by atoms with Gasteiger partial charge in [0, 0.05) is 10.7 Å². The number of pyridine rings is 1. The van der Waals surface area contributed by atoms with Gasteiger partial charge >= 0.3 is 6.18 Å². The minimum Gasteiger partial charge on any atom is -0.338 e. The van der Waals surface area contributed by atoms with Crippen molar-refractivity contribution in [3.8, 4) is 6.07 Å². The van der Waals surface area contributed by atoms with Crippen LogP contribution in [0.3, 0.4) is 0 Å². The molecule has 3 nitrogen and oxygen atoms in total. The van der Waals surface area contributed by atoms with Gasteiger partial charge in [0.15, 0.2) is 0 Å². The van der Waals surface area contributed by atoms with Gasteiger partial charge in [-0.1, -0.05) is 0 Å². The first kappa shape index (κ1) is 15.3. The summed E-state index contributed by atoms with van der Waals surface area (Å²) in [5, 5.41) is 11.9. The maximum absolute atomic E-state index is 12.7. The molecule has 2 rings (SSSR count). The third-order valence-corrected chi connectivity index (χ3v) is 3.51. The fourth-order valence-corrected chi connectivity index (χ4v) is 2.06. The second-order valence-electron chi connectivity index (χ2n) is 4.28. The third-order valence-electron chi connectivity index (χ3n) is 2.82. The molecule has 0 amide bonds. The van der Waals surface area contributed by atoms with Gasteiger partial charge in [-0.05, 0) is 52.7 Å². The molecular weight excluding hydrogens is 347 g/mol. The lowest BCUT2D eigenvalue weighted by atomic mass is 10.1. The van der Waals surface area contributed by atoms with Crippen molar-refractivity contribution in [2.75, 3.05) is 5.32 Å². The van der Waals surface area contributed by atoms with Crippen LogP contribution in [0, 0.1) is 18.3 Å². The first-order chi connectivity index (χ1) is 9.82. The number of benzene rings is 1. The molecule has 1 aromatic carbocycles. The summed E-state index contributed by atoms with van der Waals surface area (Å²) >= 11 is 3.18. The van der Waals surface area contributed by atoms with E-state index in [2.05, 4.69) is 26.2 Å².